The van der Waals surface area contributed by atoms with Crippen LogP contribution in [-0.2, 0) is 20.0 Å². The molecule has 1 heterocycles. The quantitative estimate of drug-likeness (QED) is 0.574. The van der Waals surface area contributed by atoms with Gasteiger partial charge in [-0.15, -0.1) is 0 Å². The van der Waals surface area contributed by atoms with Crippen molar-refractivity contribution in [1.82, 2.24) is 14.4 Å². The third-order valence-electron chi connectivity index (χ3n) is 2.16. The summed E-state index contributed by atoms with van der Waals surface area (Å²) in [6.07, 6.45) is 2.43. The molecule has 0 aliphatic heterocycles. The van der Waals surface area contributed by atoms with Crippen molar-refractivity contribution in [3.63, 3.8) is 0 Å². The normalized spacial score (nSPS) is 12.5. The molecule has 0 bridgehead atoms. The summed E-state index contributed by atoms with van der Waals surface area (Å²) in [4.78, 5) is 3.55. The second-order valence-corrected chi connectivity index (χ2v) is 7.96. The van der Waals surface area contributed by atoms with Crippen molar-refractivity contribution in [3.05, 3.63) is 17.3 Å². The number of hydrogen-bond acceptors (Lipinski definition) is 6. The average molecular weight is 343 g/mol. The third kappa shape index (κ3) is 5.59. The maximum absolute atomic E-state index is 11.9. The van der Waals surface area contributed by atoms with Gasteiger partial charge in [0.1, 0.15) is 10.7 Å². The number of aromatic nitrogens is 1. The zero-order chi connectivity index (χ0) is 15.4. The van der Waals surface area contributed by atoms with Crippen molar-refractivity contribution < 1.29 is 16.8 Å². The monoisotopic (exact) mass is 342 g/mol. The van der Waals surface area contributed by atoms with E-state index in [4.69, 9.17) is 17.3 Å². The fourth-order valence-electron chi connectivity index (χ4n) is 1.21. The number of anilines is 1. The van der Waals surface area contributed by atoms with Gasteiger partial charge in [-0.1, -0.05) is 11.6 Å². The van der Waals surface area contributed by atoms with Gasteiger partial charge in [-0.25, -0.2) is 31.3 Å². The Balaban J connectivity index is 2.56. The van der Waals surface area contributed by atoms with E-state index in [-0.39, 0.29) is 28.8 Å². The van der Waals surface area contributed by atoms with E-state index in [1.807, 2.05) is 0 Å². The summed E-state index contributed by atoms with van der Waals surface area (Å²) in [6.45, 7) is 0.217. The Kier molecular flexibility index (Phi) is 5.71. The van der Waals surface area contributed by atoms with Crippen LogP contribution in [0.15, 0.2) is 17.2 Å². The lowest BCUT2D eigenvalue weighted by atomic mass is 10.4. The molecule has 0 aromatic carbocycles. The number of nitrogen functional groups attached to an aromatic ring is 1. The van der Waals surface area contributed by atoms with Crippen LogP contribution < -0.4 is 15.2 Å². The molecule has 114 valence electrons. The number of rotatable bonds is 7. The minimum atomic E-state index is -3.75. The Morgan fingerprint density at radius 3 is 2.40 bits per heavy atom. The summed E-state index contributed by atoms with van der Waals surface area (Å²) in [7, 11) is -7.02. The smallest absolute Gasteiger partial charge is 0.242 e. The Hall–Kier alpha value is -0.940. The number of pyridine rings is 1. The summed E-state index contributed by atoms with van der Waals surface area (Å²) in [5.74, 6) is 0.0444. The van der Waals surface area contributed by atoms with Gasteiger partial charge in [0.25, 0.3) is 0 Å². The Labute approximate surface area is 122 Å². The first kappa shape index (κ1) is 17.1. The summed E-state index contributed by atoms with van der Waals surface area (Å²) in [6, 6.07) is 1.20. The van der Waals surface area contributed by atoms with E-state index in [1.54, 1.807) is 0 Å². The molecule has 8 nitrogen and oxygen atoms in total. The van der Waals surface area contributed by atoms with E-state index in [9.17, 15) is 16.8 Å². The predicted molar refractivity (Wildman–Crippen MR) is 76.3 cm³/mol. The number of nitrogens with zero attached hydrogens (tertiary/aromatic N) is 1. The molecule has 1 aromatic rings. The lowest BCUT2D eigenvalue weighted by molar-refractivity contribution is 0.574. The van der Waals surface area contributed by atoms with Gasteiger partial charge in [0, 0.05) is 19.3 Å². The lowest BCUT2D eigenvalue weighted by Crippen LogP contribution is -2.29. The van der Waals surface area contributed by atoms with Crippen molar-refractivity contribution in [1.29, 1.82) is 0 Å². The summed E-state index contributed by atoms with van der Waals surface area (Å²) in [5.41, 5.74) is 5.39. The molecule has 4 N–H and O–H groups in total. The molecule has 11 heteroatoms. The fourth-order valence-corrected chi connectivity index (χ4v) is 3.00. The zero-order valence-corrected chi connectivity index (χ0v) is 13.0. The molecule has 20 heavy (non-hydrogen) atoms. The number of halogens is 1. The van der Waals surface area contributed by atoms with Crippen LogP contribution in [0, 0.1) is 0 Å². The van der Waals surface area contributed by atoms with E-state index in [1.165, 1.54) is 6.07 Å². The van der Waals surface area contributed by atoms with Crippen LogP contribution in [0.4, 0.5) is 5.82 Å². The van der Waals surface area contributed by atoms with Gasteiger partial charge in [-0.05, 0) is 12.5 Å². The molecule has 0 fully saturated rings. The molecule has 0 saturated heterocycles. The highest BCUT2D eigenvalue weighted by atomic mass is 35.5. The first-order chi connectivity index (χ1) is 9.12. The Morgan fingerprint density at radius 2 is 1.85 bits per heavy atom. The molecule has 0 saturated carbocycles. The van der Waals surface area contributed by atoms with E-state index < -0.39 is 20.0 Å². The van der Waals surface area contributed by atoms with Gasteiger partial charge in [0.05, 0.1) is 11.3 Å². The van der Waals surface area contributed by atoms with Crippen LogP contribution in [0.2, 0.25) is 5.02 Å². The van der Waals surface area contributed by atoms with Gasteiger partial charge in [-0.2, -0.15) is 0 Å². The van der Waals surface area contributed by atoms with Crippen LogP contribution in [-0.4, -0.2) is 41.2 Å². The molecule has 0 radical (unpaired) electrons. The Bertz CT molecular complexity index is 675. The first-order valence-electron chi connectivity index (χ1n) is 5.47. The second-order valence-electron chi connectivity index (χ2n) is 3.96. The van der Waals surface area contributed by atoms with Crippen LogP contribution >= 0.6 is 11.6 Å². The standard InChI is InChI=1S/C9H15ClN4O4S2/c1-19(15,16)13-3-2-4-14-20(17,18)7-5-8(10)9(11)12-6-7/h5-6,13-14H,2-4H2,1H3,(H2,11,12). The zero-order valence-electron chi connectivity index (χ0n) is 10.6. The van der Waals surface area contributed by atoms with Gasteiger partial charge >= 0.3 is 0 Å². The van der Waals surface area contributed by atoms with Crippen LogP contribution in [0.1, 0.15) is 6.42 Å². The Morgan fingerprint density at radius 1 is 1.25 bits per heavy atom. The van der Waals surface area contributed by atoms with Crippen molar-refractivity contribution >= 4 is 37.5 Å². The molecule has 0 unspecified atom stereocenters. The van der Waals surface area contributed by atoms with Gasteiger partial charge in [0.2, 0.25) is 20.0 Å². The largest absolute Gasteiger partial charge is 0.382 e. The van der Waals surface area contributed by atoms with Crippen LogP contribution in [0.3, 0.4) is 0 Å². The van der Waals surface area contributed by atoms with E-state index >= 15 is 0 Å². The predicted octanol–water partition coefficient (Wildman–Crippen LogP) is -0.465. The summed E-state index contributed by atoms with van der Waals surface area (Å²) in [5, 5.41) is 0.0478. The van der Waals surface area contributed by atoms with E-state index in [2.05, 4.69) is 14.4 Å². The number of hydrogen-bond donors (Lipinski definition) is 3. The molecular weight excluding hydrogens is 328 g/mol. The third-order valence-corrected chi connectivity index (χ3v) is 4.62. The number of nitrogens with one attached hydrogen (secondary N) is 2. The lowest BCUT2D eigenvalue weighted by Gasteiger charge is -2.07. The molecule has 0 aliphatic carbocycles. The van der Waals surface area contributed by atoms with Crippen molar-refractivity contribution in [2.45, 2.75) is 11.3 Å². The van der Waals surface area contributed by atoms with Crippen LogP contribution in [0.25, 0.3) is 0 Å². The topological polar surface area (TPSA) is 131 Å². The summed E-state index contributed by atoms with van der Waals surface area (Å²) >= 11 is 5.70. The molecule has 1 rings (SSSR count). The first-order valence-corrected chi connectivity index (χ1v) is 9.22. The minimum Gasteiger partial charge on any atom is -0.382 e. The van der Waals surface area contributed by atoms with Gasteiger partial charge < -0.3 is 5.73 Å². The molecule has 0 atom stereocenters. The van der Waals surface area contributed by atoms with Crippen molar-refractivity contribution in [2.75, 3.05) is 25.1 Å². The van der Waals surface area contributed by atoms with E-state index in [0.717, 1.165) is 12.5 Å². The van der Waals surface area contributed by atoms with Gasteiger partial charge in [-0.3, -0.25) is 0 Å². The highest BCUT2D eigenvalue weighted by Crippen LogP contribution is 2.19. The maximum atomic E-state index is 11.9. The summed E-state index contributed by atoms with van der Waals surface area (Å²) < 4.78 is 49.9. The van der Waals surface area contributed by atoms with Crippen molar-refractivity contribution in [3.8, 4) is 0 Å². The van der Waals surface area contributed by atoms with Crippen molar-refractivity contribution in [2.24, 2.45) is 0 Å². The van der Waals surface area contributed by atoms with Crippen LogP contribution in [0.5, 0.6) is 0 Å². The minimum absolute atomic E-state index is 0.0444. The average Bonchev–Trinajstić information content (AvgIpc) is 2.30. The molecule has 0 spiro atoms. The molecular formula is C9H15ClN4O4S2. The SMILES string of the molecule is CS(=O)(=O)NCCCNS(=O)(=O)c1cnc(N)c(Cl)c1. The second kappa shape index (κ2) is 6.68. The molecule has 1 aromatic heterocycles. The number of nitrogens with two attached hydrogens (primary N) is 1. The maximum Gasteiger partial charge on any atom is 0.242 e. The molecule has 0 amide bonds. The number of sulfonamides is 2. The van der Waals surface area contributed by atoms with Gasteiger partial charge in [0.15, 0.2) is 0 Å². The molecule has 0 aliphatic rings. The highest BCUT2D eigenvalue weighted by Gasteiger charge is 2.15. The highest BCUT2D eigenvalue weighted by molar-refractivity contribution is 7.89. The fraction of sp³-hybridized carbons (Fsp3) is 0.444. The van der Waals surface area contributed by atoms with E-state index in [0.29, 0.717) is 6.42 Å².